The number of nitrogens with two attached hydrogens (primary N) is 1. The van der Waals surface area contributed by atoms with E-state index >= 15 is 0 Å². The standard InChI is InChI=1S/C11H21NO7S/c1-2-20-11(10(17)18)3-5(14)7(12)9(19-11)8(16)6(15)4-13/h5-9,13-16H,2-4,12H2,1H3,(H,17,18)/t5?,6-,7?,8-,9?,11?/m1/s1. The van der Waals surface area contributed by atoms with E-state index in [-0.39, 0.29) is 6.42 Å². The summed E-state index contributed by atoms with van der Waals surface area (Å²) in [5.74, 6) is -0.870. The van der Waals surface area contributed by atoms with Crippen molar-refractivity contribution >= 4 is 17.7 Å². The minimum absolute atomic E-state index is 0.222. The highest BCUT2D eigenvalue weighted by atomic mass is 32.2. The quantitative estimate of drug-likeness (QED) is 0.318. The predicted molar refractivity (Wildman–Crippen MR) is 71.1 cm³/mol. The SMILES string of the molecule is CCSC1(C(=O)O)CC(O)C(N)C([C@H](O)[C@H](O)CO)O1. The Labute approximate surface area is 120 Å². The maximum atomic E-state index is 11.4. The van der Waals surface area contributed by atoms with Gasteiger partial charge in [-0.25, -0.2) is 4.79 Å². The average Bonchev–Trinajstić information content (AvgIpc) is 2.41. The number of thioether (sulfide) groups is 1. The van der Waals surface area contributed by atoms with E-state index in [1.54, 1.807) is 6.92 Å². The third-order valence-electron chi connectivity index (χ3n) is 3.25. The molecule has 1 saturated heterocycles. The summed E-state index contributed by atoms with van der Waals surface area (Å²) >= 11 is 0.961. The fourth-order valence-electron chi connectivity index (χ4n) is 2.13. The molecule has 1 aliphatic heterocycles. The van der Waals surface area contributed by atoms with Crippen LogP contribution in [0, 0.1) is 0 Å². The van der Waals surface area contributed by atoms with Crippen molar-refractivity contribution in [2.75, 3.05) is 12.4 Å². The van der Waals surface area contributed by atoms with Crippen molar-refractivity contribution in [3.63, 3.8) is 0 Å². The first-order valence-corrected chi connectivity index (χ1v) is 7.23. The molecule has 0 radical (unpaired) electrons. The van der Waals surface area contributed by atoms with Gasteiger partial charge in [0.15, 0.2) is 0 Å². The van der Waals surface area contributed by atoms with E-state index in [4.69, 9.17) is 15.6 Å². The van der Waals surface area contributed by atoms with Crippen molar-refractivity contribution in [3.05, 3.63) is 0 Å². The molecular weight excluding hydrogens is 290 g/mol. The molecule has 0 saturated carbocycles. The van der Waals surface area contributed by atoms with Crippen LogP contribution in [-0.4, -0.2) is 79.3 Å². The minimum atomic E-state index is -1.73. The molecule has 4 unspecified atom stereocenters. The van der Waals surface area contributed by atoms with Crippen LogP contribution in [-0.2, 0) is 9.53 Å². The summed E-state index contributed by atoms with van der Waals surface area (Å²) in [4.78, 5) is 9.70. The summed E-state index contributed by atoms with van der Waals surface area (Å²) in [5.41, 5.74) is 5.70. The lowest BCUT2D eigenvalue weighted by atomic mass is 9.90. The van der Waals surface area contributed by atoms with Crippen LogP contribution in [0.3, 0.4) is 0 Å². The smallest absolute Gasteiger partial charge is 0.346 e. The normalized spacial score (nSPS) is 37.4. The molecule has 0 aliphatic carbocycles. The van der Waals surface area contributed by atoms with Crippen molar-refractivity contribution in [2.45, 2.75) is 48.7 Å². The number of rotatable bonds is 6. The maximum absolute atomic E-state index is 11.4. The number of carboxylic acid groups (broad SMARTS) is 1. The predicted octanol–water partition coefficient (Wildman–Crippen LogP) is -2.29. The van der Waals surface area contributed by atoms with Gasteiger partial charge in [-0.15, -0.1) is 11.8 Å². The molecule has 1 fully saturated rings. The molecule has 0 spiro atoms. The molecule has 0 aromatic carbocycles. The Morgan fingerprint density at radius 2 is 2.15 bits per heavy atom. The van der Waals surface area contributed by atoms with Crippen LogP contribution in [0.5, 0.6) is 0 Å². The Hall–Kier alpha value is -0.420. The monoisotopic (exact) mass is 311 g/mol. The second kappa shape index (κ2) is 7.03. The van der Waals surface area contributed by atoms with E-state index in [2.05, 4.69) is 0 Å². The van der Waals surface area contributed by atoms with Crippen LogP contribution in [0.4, 0.5) is 0 Å². The Morgan fingerprint density at radius 1 is 1.55 bits per heavy atom. The third-order valence-corrected chi connectivity index (χ3v) is 4.44. The van der Waals surface area contributed by atoms with Gasteiger partial charge in [-0.2, -0.15) is 0 Å². The molecule has 8 nitrogen and oxygen atoms in total. The molecule has 0 bridgehead atoms. The van der Waals surface area contributed by atoms with Gasteiger partial charge in [-0.05, 0) is 5.75 Å². The fourth-order valence-corrected chi connectivity index (χ4v) is 3.18. The lowest BCUT2D eigenvalue weighted by Gasteiger charge is -2.45. The van der Waals surface area contributed by atoms with Crippen molar-refractivity contribution in [1.29, 1.82) is 0 Å². The van der Waals surface area contributed by atoms with Gasteiger partial charge < -0.3 is 36.0 Å². The molecule has 9 heteroatoms. The molecule has 6 atom stereocenters. The van der Waals surface area contributed by atoms with Crippen LogP contribution in [0.25, 0.3) is 0 Å². The lowest BCUT2D eigenvalue weighted by Crippen LogP contribution is -2.64. The first-order chi connectivity index (χ1) is 9.29. The van der Waals surface area contributed by atoms with Crippen LogP contribution in [0.2, 0.25) is 0 Å². The molecule has 7 N–H and O–H groups in total. The number of aliphatic hydroxyl groups excluding tert-OH is 4. The fraction of sp³-hybridized carbons (Fsp3) is 0.909. The Kier molecular flexibility index (Phi) is 6.20. The van der Waals surface area contributed by atoms with Crippen molar-refractivity contribution in [2.24, 2.45) is 5.73 Å². The highest BCUT2D eigenvalue weighted by Gasteiger charge is 2.53. The number of aliphatic carboxylic acids is 1. The van der Waals surface area contributed by atoms with Crippen LogP contribution >= 0.6 is 11.8 Å². The number of hydrogen-bond donors (Lipinski definition) is 6. The largest absolute Gasteiger partial charge is 0.478 e. The van der Waals surface area contributed by atoms with Gasteiger partial charge in [0.25, 0.3) is 0 Å². The van der Waals surface area contributed by atoms with Crippen LogP contribution < -0.4 is 5.73 Å². The molecule has 0 aromatic rings. The lowest BCUT2D eigenvalue weighted by molar-refractivity contribution is -0.201. The molecular formula is C11H21NO7S. The van der Waals surface area contributed by atoms with E-state index in [1.807, 2.05) is 0 Å². The van der Waals surface area contributed by atoms with E-state index in [1.165, 1.54) is 0 Å². The summed E-state index contributed by atoms with van der Waals surface area (Å²) < 4.78 is 5.40. The van der Waals surface area contributed by atoms with Gasteiger partial charge in [0.2, 0.25) is 4.93 Å². The summed E-state index contributed by atoms with van der Waals surface area (Å²) in [6.45, 7) is 0.998. The molecule has 1 rings (SSSR count). The molecule has 20 heavy (non-hydrogen) atoms. The Morgan fingerprint density at radius 3 is 2.60 bits per heavy atom. The van der Waals surface area contributed by atoms with Crippen molar-refractivity contribution in [3.8, 4) is 0 Å². The summed E-state index contributed by atoms with van der Waals surface area (Å²) in [6.07, 6.45) is -5.85. The van der Waals surface area contributed by atoms with Gasteiger partial charge >= 0.3 is 5.97 Å². The molecule has 0 amide bonds. The molecule has 1 heterocycles. The maximum Gasteiger partial charge on any atom is 0.346 e. The summed E-state index contributed by atoms with van der Waals surface area (Å²) in [6, 6.07) is -1.06. The van der Waals surface area contributed by atoms with Crippen molar-refractivity contribution < 1.29 is 35.1 Å². The van der Waals surface area contributed by atoms with Gasteiger partial charge in [0.05, 0.1) is 18.8 Å². The van der Waals surface area contributed by atoms with Gasteiger partial charge in [-0.1, -0.05) is 6.92 Å². The molecule has 1 aliphatic rings. The van der Waals surface area contributed by atoms with Gasteiger partial charge in [0.1, 0.15) is 18.3 Å². The van der Waals surface area contributed by atoms with Gasteiger partial charge in [-0.3, -0.25) is 0 Å². The zero-order valence-electron chi connectivity index (χ0n) is 11.0. The van der Waals surface area contributed by atoms with Crippen molar-refractivity contribution in [1.82, 2.24) is 0 Å². The first-order valence-electron chi connectivity index (χ1n) is 6.25. The highest BCUT2D eigenvalue weighted by molar-refractivity contribution is 8.01. The first kappa shape index (κ1) is 17.6. The number of carboxylic acids is 1. The summed E-state index contributed by atoms with van der Waals surface area (Å²) in [5, 5.41) is 47.4. The second-order valence-electron chi connectivity index (χ2n) is 4.66. The molecule has 118 valence electrons. The average molecular weight is 311 g/mol. The molecule has 0 aromatic heterocycles. The number of ether oxygens (including phenoxy) is 1. The van der Waals surface area contributed by atoms with E-state index in [0.717, 1.165) is 11.8 Å². The summed E-state index contributed by atoms with van der Waals surface area (Å²) in [7, 11) is 0. The topological polar surface area (TPSA) is 153 Å². The van der Waals surface area contributed by atoms with Crippen LogP contribution in [0.15, 0.2) is 0 Å². The van der Waals surface area contributed by atoms with E-state index in [9.17, 15) is 25.2 Å². The second-order valence-corrected chi connectivity index (χ2v) is 6.19. The Balaban J connectivity index is 3.02. The van der Waals surface area contributed by atoms with E-state index < -0.39 is 48.0 Å². The van der Waals surface area contributed by atoms with E-state index in [0.29, 0.717) is 5.75 Å². The van der Waals surface area contributed by atoms with Gasteiger partial charge in [0, 0.05) is 6.42 Å². The minimum Gasteiger partial charge on any atom is -0.478 e. The Bertz CT molecular complexity index is 345. The number of aliphatic hydroxyl groups is 4. The number of carbonyl (C=O) groups is 1. The highest BCUT2D eigenvalue weighted by Crippen LogP contribution is 2.39. The zero-order valence-corrected chi connectivity index (χ0v) is 11.9. The third kappa shape index (κ3) is 3.42. The zero-order chi connectivity index (χ0) is 15.5. The number of hydrogen-bond acceptors (Lipinski definition) is 8. The van der Waals surface area contributed by atoms with Crippen LogP contribution in [0.1, 0.15) is 13.3 Å².